The fourth-order valence-corrected chi connectivity index (χ4v) is 1.65. The second kappa shape index (κ2) is 7.07. The Labute approximate surface area is 116 Å². The summed E-state index contributed by atoms with van der Waals surface area (Å²) >= 11 is 0. The summed E-state index contributed by atoms with van der Waals surface area (Å²) in [6, 6.07) is -0.334. The maximum atomic E-state index is 11.5. The average Bonchev–Trinajstić information content (AvgIpc) is 2.38. The number of amides is 1. The van der Waals surface area contributed by atoms with Crippen molar-refractivity contribution in [2.75, 3.05) is 7.11 Å². The quantitative estimate of drug-likeness (QED) is 0.264. The number of nitrogens with two attached hydrogens (primary N) is 2. The lowest BCUT2D eigenvalue weighted by Crippen LogP contribution is -2.39. The summed E-state index contributed by atoms with van der Waals surface area (Å²) in [5, 5.41) is 9.91. The molecule has 0 aromatic rings. The van der Waals surface area contributed by atoms with E-state index in [0.29, 0.717) is 5.57 Å². The monoisotopic (exact) mass is 279 g/mol. The molecule has 5 N–H and O–H groups in total. The van der Waals surface area contributed by atoms with E-state index in [4.69, 9.17) is 11.5 Å². The number of nitrogens with zero attached hydrogens (tertiary/aromatic N) is 2. The zero-order valence-corrected chi connectivity index (χ0v) is 11.2. The molecule has 0 aromatic heterocycles. The number of carbonyl (C=O) groups is 2. The molecule has 0 aliphatic heterocycles. The van der Waals surface area contributed by atoms with Crippen LogP contribution in [0.5, 0.6) is 0 Å². The summed E-state index contributed by atoms with van der Waals surface area (Å²) in [7, 11) is 1.29. The van der Waals surface area contributed by atoms with E-state index < -0.39 is 5.97 Å². The molecule has 1 aliphatic carbocycles. The number of hydrogen-bond acceptors (Lipinski definition) is 5. The molecule has 1 rings (SSSR count). The van der Waals surface area contributed by atoms with Gasteiger partial charge in [-0.3, -0.25) is 4.79 Å². The molecule has 20 heavy (non-hydrogen) atoms. The van der Waals surface area contributed by atoms with Gasteiger partial charge in [0.05, 0.1) is 18.7 Å². The molecule has 0 aromatic carbocycles. The largest absolute Gasteiger partial charge is 0.465 e. The third-order valence-corrected chi connectivity index (χ3v) is 2.47. The fourth-order valence-electron chi connectivity index (χ4n) is 1.65. The first-order valence-electron chi connectivity index (χ1n) is 5.81. The number of hydrogen-bond donors (Lipinski definition) is 3. The Morgan fingerprint density at radius 1 is 1.45 bits per heavy atom. The van der Waals surface area contributed by atoms with Crippen molar-refractivity contribution in [3.05, 3.63) is 23.8 Å². The van der Waals surface area contributed by atoms with Crippen molar-refractivity contribution >= 4 is 24.1 Å². The summed E-state index contributed by atoms with van der Waals surface area (Å²) in [6.45, 7) is 1.40. The van der Waals surface area contributed by atoms with Crippen molar-refractivity contribution in [1.82, 2.24) is 5.32 Å². The van der Waals surface area contributed by atoms with Gasteiger partial charge >= 0.3 is 5.97 Å². The van der Waals surface area contributed by atoms with Crippen molar-refractivity contribution < 1.29 is 14.3 Å². The van der Waals surface area contributed by atoms with Crippen LogP contribution in [0.2, 0.25) is 0 Å². The van der Waals surface area contributed by atoms with Gasteiger partial charge in [-0.15, -0.1) is 5.10 Å². The molecule has 0 bridgehead atoms. The van der Waals surface area contributed by atoms with Crippen LogP contribution in [-0.2, 0) is 14.3 Å². The van der Waals surface area contributed by atoms with Gasteiger partial charge in [0.25, 0.3) is 0 Å². The van der Waals surface area contributed by atoms with Crippen molar-refractivity contribution in [3.63, 3.8) is 0 Å². The van der Waals surface area contributed by atoms with Gasteiger partial charge in [0.1, 0.15) is 0 Å². The second-order valence-corrected chi connectivity index (χ2v) is 4.07. The SMILES string of the molecule is COC(=O)C1=CC(C=NN=C(N)N)C(NC(C)=O)C=C1. The molecule has 108 valence electrons. The van der Waals surface area contributed by atoms with Crippen LogP contribution < -0.4 is 16.8 Å². The van der Waals surface area contributed by atoms with Crippen molar-refractivity contribution in [2.45, 2.75) is 13.0 Å². The summed E-state index contributed by atoms with van der Waals surface area (Å²) in [5.41, 5.74) is 10.7. The molecule has 0 saturated carbocycles. The summed E-state index contributed by atoms with van der Waals surface area (Å²) in [6.07, 6.45) is 6.32. The number of carbonyl (C=O) groups excluding carboxylic acids is 2. The Balaban J connectivity index is 2.95. The highest BCUT2D eigenvalue weighted by atomic mass is 16.5. The lowest BCUT2D eigenvalue weighted by Gasteiger charge is -2.22. The van der Waals surface area contributed by atoms with Crippen LogP contribution in [0, 0.1) is 5.92 Å². The van der Waals surface area contributed by atoms with E-state index in [1.165, 1.54) is 20.2 Å². The van der Waals surface area contributed by atoms with Gasteiger partial charge in [-0.25, -0.2) is 4.79 Å². The van der Waals surface area contributed by atoms with Crippen LogP contribution in [-0.4, -0.2) is 37.2 Å². The molecule has 0 fully saturated rings. The molecule has 2 unspecified atom stereocenters. The Morgan fingerprint density at radius 3 is 2.70 bits per heavy atom. The molecule has 8 heteroatoms. The predicted octanol–water partition coefficient (Wildman–Crippen LogP) is -0.964. The van der Waals surface area contributed by atoms with Crippen LogP contribution in [0.4, 0.5) is 0 Å². The first-order chi connectivity index (χ1) is 9.43. The van der Waals surface area contributed by atoms with E-state index in [1.807, 2.05) is 0 Å². The van der Waals surface area contributed by atoms with E-state index in [-0.39, 0.29) is 23.8 Å². The number of nitrogens with one attached hydrogen (secondary N) is 1. The van der Waals surface area contributed by atoms with Crippen molar-refractivity contribution in [2.24, 2.45) is 27.6 Å². The van der Waals surface area contributed by atoms with Crippen molar-refractivity contribution in [1.29, 1.82) is 0 Å². The van der Waals surface area contributed by atoms with Crippen LogP contribution in [0.15, 0.2) is 34.0 Å². The van der Waals surface area contributed by atoms with E-state index in [1.54, 1.807) is 18.2 Å². The molecular formula is C12H17N5O3. The highest BCUT2D eigenvalue weighted by molar-refractivity contribution is 5.93. The fraction of sp³-hybridized carbons (Fsp3) is 0.333. The predicted molar refractivity (Wildman–Crippen MR) is 74.6 cm³/mol. The minimum Gasteiger partial charge on any atom is -0.465 e. The molecule has 1 amide bonds. The molecule has 2 atom stereocenters. The van der Waals surface area contributed by atoms with E-state index in [9.17, 15) is 9.59 Å². The van der Waals surface area contributed by atoms with Gasteiger partial charge in [-0.2, -0.15) is 5.10 Å². The van der Waals surface area contributed by atoms with Gasteiger partial charge in [-0.05, 0) is 6.08 Å². The van der Waals surface area contributed by atoms with Crippen LogP contribution in [0.25, 0.3) is 0 Å². The van der Waals surface area contributed by atoms with Crippen LogP contribution in [0.1, 0.15) is 6.92 Å². The van der Waals surface area contributed by atoms with E-state index >= 15 is 0 Å². The van der Waals surface area contributed by atoms with E-state index in [2.05, 4.69) is 20.3 Å². The first-order valence-corrected chi connectivity index (χ1v) is 5.81. The molecule has 0 heterocycles. The first kappa shape index (κ1) is 15.4. The highest BCUT2D eigenvalue weighted by Gasteiger charge is 2.23. The van der Waals surface area contributed by atoms with E-state index in [0.717, 1.165) is 0 Å². The zero-order valence-electron chi connectivity index (χ0n) is 11.2. The van der Waals surface area contributed by atoms with Gasteiger partial charge in [0, 0.05) is 19.1 Å². The van der Waals surface area contributed by atoms with Crippen molar-refractivity contribution in [3.8, 4) is 0 Å². The molecule has 8 nitrogen and oxygen atoms in total. The summed E-state index contributed by atoms with van der Waals surface area (Å²) in [4.78, 5) is 22.6. The average molecular weight is 279 g/mol. The summed E-state index contributed by atoms with van der Waals surface area (Å²) < 4.78 is 4.64. The molecule has 0 spiro atoms. The third-order valence-electron chi connectivity index (χ3n) is 2.47. The van der Waals surface area contributed by atoms with Crippen LogP contribution in [0.3, 0.4) is 0 Å². The smallest absolute Gasteiger partial charge is 0.337 e. The Kier molecular flexibility index (Phi) is 5.45. The Morgan fingerprint density at radius 2 is 2.15 bits per heavy atom. The summed E-state index contributed by atoms with van der Waals surface area (Å²) in [5.74, 6) is -1.21. The lowest BCUT2D eigenvalue weighted by atomic mass is 9.92. The maximum Gasteiger partial charge on any atom is 0.337 e. The molecule has 0 saturated heterocycles. The van der Waals surface area contributed by atoms with Gasteiger partial charge in [0.15, 0.2) is 0 Å². The number of ether oxygens (including phenoxy) is 1. The second-order valence-electron chi connectivity index (χ2n) is 4.07. The van der Waals surface area contributed by atoms with Gasteiger partial charge in [-0.1, -0.05) is 12.2 Å². The topological polar surface area (TPSA) is 132 Å². The number of methoxy groups -OCH3 is 1. The Hall–Kier alpha value is -2.64. The van der Waals surface area contributed by atoms with Gasteiger partial charge < -0.3 is 21.5 Å². The molecule has 1 aliphatic rings. The maximum absolute atomic E-state index is 11.5. The Bertz CT molecular complexity index is 503. The highest BCUT2D eigenvalue weighted by Crippen LogP contribution is 2.17. The minimum atomic E-state index is -0.470. The zero-order chi connectivity index (χ0) is 15.1. The lowest BCUT2D eigenvalue weighted by molar-refractivity contribution is -0.135. The number of esters is 1. The third kappa shape index (κ3) is 4.56. The number of rotatable bonds is 4. The molecular weight excluding hydrogens is 262 g/mol. The molecule has 0 radical (unpaired) electrons. The van der Waals surface area contributed by atoms with Gasteiger partial charge in [0.2, 0.25) is 11.9 Å². The minimum absolute atomic E-state index is 0.180. The normalized spacial score (nSPS) is 21.2. The number of guanidine groups is 1. The standard InChI is InChI=1S/C12H17N5O3/c1-7(18)16-10-4-3-8(11(19)20-2)5-9(10)6-15-17-12(13)14/h3-6,9-10H,1-2H3,(H,16,18)(H4,13,14,17). The van der Waals surface area contributed by atoms with Crippen LogP contribution >= 0.6 is 0 Å².